The molecule has 0 saturated carbocycles. The van der Waals surface area contributed by atoms with Crippen LogP contribution >= 0.6 is 11.6 Å². The summed E-state index contributed by atoms with van der Waals surface area (Å²) in [5.41, 5.74) is 0.110. The van der Waals surface area contributed by atoms with Gasteiger partial charge in [0.1, 0.15) is 5.82 Å². The number of carboxylic acid groups (broad SMARTS) is 1. The van der Waals surface area contributed by atoms with Gasteiger partial charge in [0.15, 0.2) is 0 Å². The Bertz CT molecular complexity index is 406. The monoisotopic (exact) mass is 229 g/mol. The first kappa shape index (κ1) is 11.5. The molecule has 0 heterocycles. The molecule has 3 nitrogen and oxygen atoms in total. The first-order valence-electron chi connectivity index (χ1n) is 4.10. The van der Waals surface area contributed by atoms with Crippen molar-refractivity contribution in [2.24, 2.45) is 0 Å². The van der Waals surface area contributed by atoms with E-state index in [-0.39, 0.29) is 17.8 Å². The molecule has 0 unspecified atom stereocenters. The normalized spacial score (nSPS) is 9.73. The summed E-state index contributed by atoms with van der Waals surface area (Å²) in [6.45, 7) is 3.27. The predicted octanol–water partition coefficient (Wildman–Crippen LogP) is 2.53. The van der Waals surface area contributed by atoms with Crippen molar-refractivity contribution in [1.82, 2.24) is 0 Å². The van der Waals surface area contributed by atoms with Crippen molar-refractivity contribution in [2.45, 2.75) is 0 Å². The highest BCUT2D eigenvalue weighted by Crippen LogP contribution is 2.19. The van der Waals surface area contributed by atoms with Gasteiger partial charge in [-0.3, -0.25) is 0 Å². The van der Waals surface area contributed by atoms with E-state index in [0.29, 0.717) is 5.02 Å². The van der Waals surface area contributed by atoms with E-state index in [1.807, 2.05) is 0 Å². The maximum atomic E-state index is 13.1. The van der Waals surface area contributed by atoms with Gasteiger partial charge < -0.3 is 10.4 Å². The van der Waals surface area contributed by atoms with Crippen LogP contribution in [0.25, 0.3) is 0 Å². The number of aliphatic carboxylic acids is 1. The van der Waals surface area contributed by atoms with E-state index in [1.165, 1.54) is 18.2 Å². The third kappa shape index (κ3) is 3.25. The lowest BCUT2D eigenvalue weighted by Crippen LogP contribution is -2.11. The minimum absolute atomic E-state index is 0.0351. The molecule has 0 bridgehead atoms. The summed E-state index contributed by atoms with van der Waals surface area (Å²) in [6.07, 6.45) is 0. The number of rotatable bonds is 4. The van der Waals surface area contributed by atoms with Gasteiger partial charge in [0.2, 0.25) is 0 Å². The molecule has 0 saturated heterocycles. The van der Waals surface area contributed by atoms with E-state index < -0.39 is 11.8 Å². The average molecular weight is 230 g/mol. The molecular weight excluding hydrogens is 221 g/mol. The van der Waals surface area contributed by atoms with E-state index in [2.05, 4.69) is 11.9 Å². The summed E-state index contributed by atoms with van der Waals surface area (Å²) < 4.78 is 13.1. The van der Waals surface area contributed by atoms with Crippen LogP contribution in [-0.2, 0) is 4.79 Å². The van der Waals surface area contributed by atoms with Gasteiger partial charge in [-0.15, -0.1) is 0 Å². The van der Waals surface area contributed by atoms with Crippen LogP contribution in [0.2, 0.25) is 5.02 Å². The van der Waals surface area contributed by atoms with Gasteiger partial charge in [-0.25, -0.2) is 9.18 Å². The first-order chi connectivity index (χ1) is 7.00. The molecule has 0 aliphatic rings. The summed E-state index contributed by atoms with van der Waals surface area (Å²) in [4.78, 5) is 10.4. The minimum atomic E-state index is -1.12. The summed E-state index contributed by atoms with van der Waals surface area (Å²) in [6, 6.07) is 3.99. The molecule has 1 aromatic rings. The zero-order chi connectivity index (χ0) is 11.4. The molecule has 2 N–H and O–H groups in total. The summed E-state index contributed by atoms with van der Waals surface area (Å²) in [7, 11) is 0. The van der Waals surface area contributed by atoms with Crippen LogP contribution in [0.15, 0.2) is 30.4 Å². The second kappa shape index (κ2) is 4.79. The van der Waals surface area contributed by atoms with E-state index in [1.54, 1.807) is 0 Å². The zero-order valence-corrected chi connectivity index (χ0v) is 8.51. The molecule has 5 heteroatoms. The quantitative estimate of drug-likeness (QED) is 0.780. The van der Waals surface area contributed by atoms with Crippen molar-refractivity contribution >= 4 is 23.3 Å². The highest BCUT2D eigenvalue weighted by Gasteiger charge is 2.06. The molecule has 0 atom stereocenters. The lowest BCUT2D eigenvalue weighted by Gasteiger charge is -2.07. The van der Waals surface area contributed by atoms with E-state index in [0.717, 1.165) is 0 Å². The number of benzene rings is 1. The highest BCUT2D eigenvalue weighted by atomic mass is 35.5. The number of carbonyl (C=O) groups is 1. The van der Waals surface area contributed by atoms with Crippen molar-refractivity contribution in [2.75, 3.05) is 11.9 Å². The molecule has 15 heavy (non-hydrogen) atoms. The molecule has 0 fully saturated rings. The summed E-state index contributed by atoms with van der Waals surface area (Å²) in [5.74, 6) is -1.61. The van der Waals surface area contributed by atoms with Gasteiger partial charge in [0, 0.05) is 17.1 Å². The van der Waals surface area contributed by atoms with Crippen molar-refractivity contribution in [1.29, 1.82) is 0 Å². The summed E-state index contributed by atoms with van der Waals surface area (Å²) in [5, 5.41) is 11.5. The number of hydrogen-bond acceptors (Lipinski definition) is 2. The van der Waals surface area contributed by atoms with Gasteiger partial charge >= 0.3 is 5.97 Å². The molecular formula is C10H9ClFNO2. The van der Waals surface area contributed by atoms with Crippen molar-refractivity contribution in [3.8, 4) is 0 Å². The fraction of sp³-hybridized carbons (Fsp3) is 0.100. The smallest absolute Gasteiger partial charge is 0.332 e. The minimum Gasteiger partial charge on any atom is -0.478 e. The van der Waals surface area contributed by atoms with E-state index in [9.17, 15) is 9.18 Å². The Morgan fingerprint density at radius 1 is 1.60 bits per heavy atom. The SMILES string of the molecule is C=C(CNc1cc(Cl)ccc1F)C(=O)O. The van der Waals surface area contributed by atoms with Gasteiger partial charge in [-0.2, -0.15) is 0 Å². The highest BCUT2D eigenvalue weighted by molar-refractivity contribution is 6.30. The molecule has 1 aromatic carbocycles. The topological polar surface area (TPSA) is 49.3 Å². The third-order valence-electron chi connectivity index (χ3n) is 1.72. The summed E-state index contributed by atoms with van der Waals surface area (Å²) >= 11 is 5.65. The second-order valence-electron chi connectivity index (χ2n) is 2.89. The lowest BCUT2D eigenvalue weighted by molar-refractivity contribution is -0.132. The van der Waals surface area contributed by atoms with Gasteiger partial charge in [-0.05, 0) is 18.2 Å². The fourth-order valence-corrected chi connectivity index (χ4v) is 1.08. The molecule has 0 aliphatic heterocycles. The number of hydrogen-bond donors (Lipinski definition) is 2. The van der Waals surface area contributed by atoms with Crippen molar-refractivity contribution in [3.05, 3.63) is 41.2 Å². The van der Waals surface area contributed by atoms with Crippen LogP contribution in [0.1, 0.15) is 0 Å². The Morgan fingerprint density at radius 2 is 2.27 bits per heavy atom. The first-order valence-corrected chi connectivity index (χ1v) is 4.48. The number of halogens is 2. The maximum absolute atomic E-state index is 13.1. The molecule has 0 amide bonds. The largest absolute Gasteiger partial charge is 0.478 e. The molecule has 0 spiro atoms. The Balaban J connectivity index is 2.69. The zero-order valence-electron chi connectivity index (χ0n) is 7.76. The van der Waals surface area contributed by atoms with Gasteiger partial charge in [0.25, 0.3) is 0 Å². The van der Waals surface area contributed by atoms with Crippen LogP contribution in [0.3, 0.4) is 0 Å². The number of anilines is 1. The van der Waals surface area contributed by atoms with E-state index >= 15 is 0 Å². The molecule has 0 aliphatic carbocycles. The van der Waals surface area contributed by atoms with Crippen molar-refractivity contribution < 1.29 is 14.3 Å². The van der Waals surface area contributed by atoms with Gasteiger partial charge in [0.05, 0.1) is 5.69 Å². The molecule has 1 rings (SSSR count). The predicted molar refractivity (Wildman–Crippen MR) is 56.7 cm³/mol. The van der Waals surface area contributed by atoms with Crippen LogP contribution in [0.5, 0.6) is 0 Å². The van der Waals surface area contributed by atoms with Crippen LogP contribution < -0.4 is 5.32 Å². The standard InChI is InChI=1S/C10H9ClFNO2/c1-6(10(14)15)5-13-9-4-7(11)2-3-8(9)12/h2-4,13H,1,5H2,(H,14,15). The van der Waals surface area contributed by atoms with E-state index in [4.69, 9.17) is 16.7 Å². The Morgan fingerprint density at radius 3 is 2.87 bits per heavy atom. The molecule has 0 aromatic heterocycles. The van der Waals surface area contributed by atoms with Crippen LogP contribution in [0, 0.1) is 5.82 Å². The third-order valence-corrected chi connectivity index (χ3v) is 1.96. The Labute approximate surface area is 91.2 Å². The fourth-order valence-electron chi connectivity index (χ4n) is 0.910. The maximum Gasteiger partial charge on any atom is 0.332 e. The van der Waals surface area contributed by atoms with Crippen molar-refractivity contribution in [3.63, 3.8) is 0 Å². The lowest BCUT2D eigenvalue weighted by atomic mass is 10.2. The number of nitrogens with one attached hydrogen (secondary N) is 1. The van der Waals surface area contributed by atoms with Gasteiger partial charge in [-0.1, -0.05) is 18.2 Å². The molecule has 0 radical (unpaired) electrons. The Hall–Kier alpha value is -1.55. The average Bonchev–Trinajstić information content (AvgIpc) is 2.18. The Kier molecular flexibility index (Phi) is 3.68. The van der Waals surface area contributed by atoms with Crippen LogP contribution in [-0.4, -0.2) is 17.6 Å². The second-order valence-corrected chi connectivity index (χ2v) is 3.32. The molecule has 80 valence electrons. The number of carboxylic acids is 1. The van der Waals surface area contributed by atoms with Crippen LogP contribution in [0.4, 0.5) is 10.1 Å².